The van der Waals surface area contributed by atoms with Crippen molar-refractivity contribution in [2.24, 2.45) is 5.92 Å². The Morgan fingerprint density at radius 1 is 0.735 bits per heavy atom. The van der Waals surface area contributed by atoms with E-state index in [1.165, 1.54) is 12.1 Å². The lowest BCUT2D eigenvalue weighted by molar-refractivity contribution is 0.0707. The molecule has 5 aromatic carbocycles. The van der Waals surface area contributed by atoms with Crippen LogP contribution in [0.3, 0.4) is 0 Å². The third-order valence-electron chi connectivity index (χ3n) is 9.80. The summed E-state index contributed by atoms with van der Waals surface area (Å²) in [5.41, 5.74) is 7.64. The maximum atomic E-state index is 13.6. The minimum atomic E-state index is -1.16. The summed E-state index contributed by atoms with van der Waals surface area (Å²) in [6, 6.07) is 30.0. The lowest BCUT2D eigenvalue weighted by Gasteiger charge is -2.34. The number of fused-ring (bicyclic) bond motifs is 4. The summed E-state index contributed by atoms with van der Waals surface area (Å²) in [5, 5.41) is 14.1. The second-order valence-electron chi connectivity index (χ2n) is 12.8. The summed E-state index contributed by atoms with van der Waals surface area (Å²) in [4.78, 5) is 60.2. The lowest BCUT2D eigenvalue weighted by Crippen LogP contribution is -2.48. The fourth-order valence-corrected chi connectivity index (χ4v) is 7.25. The second kappa shape index (κ2) is 10.7. The summed E-state index contributed by atoms with van der Waals surface area (Å²) >= 11 is 0. The number of benzene rings is 5. The van der Waals surface area contributed by atoms with Crippen LogP contribution in [-0.2, 0) is 6.42 Å². The Balaban J connectivity index is 0.952. The van der Waals surface area contributed by atoms with Crippen LogP contribution in [0.4, 0.5) is 11.4 Å². The highest BCUT2D eigenvalue weighted by molar-refractivity contribution is 6.37. The van der Waals surface area contributed by atoms with E-state index in [4.69, 9.17) is 4.42 Å². The van der Waals surface area contributed by atoms with E-state index in [1.807, 2.05) is 85.8 Å². The van der Waals surface area contributed by atoms with Gasteiger partial charge in [0.2, 0.25) is 5.89 Å². The number of amides is 2. The van der Waals surface area contributed by atoms with Gasteiger partial charge in [0, 0.05) is 28.8 Å². The number of anilines is 2. The Morgan fingerprint density at radius 2 is 1.35 bits per heavy atom. The van der Waals surface area contributed by atoms with E-state index in [2.05, 4.69) is 10.3 Å². The normalized spacial score (nSPS) is 18.5. The topological polar surface area (TPSA) is 130 Å². The van der Waals surface area contributed by atoms with Crippen molar-refractivity contribution in [2.45, 2.75) is 25.5 Å². The Bertz CT molecular complexity index is 2360. The molecule has 3 heterocycles. The van der Waals surface area contributed by atoms with E-state index in [0.29, 0.717) is 18.0 Å². The van der Waals surface area contributed by atoms with Crippen LogP contribution in [0.25, 0.3) is 33.7 Å². The first-order valence-electron chi connectivity index (χ1n) is 16.0. The van der Waals surface area contributed by atoms with Crippen LogP contribution < -0.4 is 10.2 Å². The number of imide groups is 1. The molecule has 238 valence electrons. The van der Waals surface area contributed by atoms with Crippen LogP contribution in [0.5, 0.6) is 0 Å². The molecule has 1 aromatic heterocycles. The van der Waals surface area contributed by atoms with Gasteiger partial charge in [0.1, 0.15) is 11.4 Å². The number of nitrogens with one attached hydrogen (secondary N) is 1. The molecule has 0 saturated heterocycles. The van der Waals surface area contributed by atoms with Gasteiger partial charge < -0.3 is 14.8 Å². The quantitative estimate of drug-likeness (QED) is 0.161. The largest absolute Gasteiger partial charge is 0.436 e. The number of hydrogen-bond acceptors (Lipinski definition) is 8. The fourth-order valence-electron chi connectivity index (χ4n) is 7.25. The van der Waals surface area contributed by atoms with Crippen molar-refractivity contribution in [3.63, 3.8) is 0 Å². The first kappa shape index (κ1) is 29.0. The van der Waals surface area contributed by atoms with E-state index >= 15 is 0 Å². The molecule has 2 unspecified atom stereocenters. The van der Waals surface area contributed by atoms with Crippen molar-refractivity contribution in [3.05, 3.63) is 137 Å². The number of oxazole rings is 1. The number of ketones is 2. The smallest absolute Gasteiger partial charge is 0.266 e. The molecule has 2 aliphatic heterocycles. The SMILES string of the molecule is Cc1ccc2oc(-c3ccc(-c4ccc(N5C(=O)c6cc7c(cc6C5=O)C(=O)C(C5Nc6ccccc6CC5O)C7=O)cc4)cc3)nc2c1. The molecule has 1 aliphatic carbocycles. The molecule has 0 spiro atoms. The number of aryl methyl sites for hydroxylation is 1. The van der Waals surface area contributed by atoms with Gasteiger partial charge in [-0.05, 0) is 83.8 Å². The van der Waals surface area contributed by atoms with Crippen molar-refractivity contribution in [2.75, 3.05) is 10.2 Å². The van der Waals surface area contributed by atoms with E-state index in [0.717, 1.165) is 49.5 Å². The van der Waals surface area contributed by atoms with Crippen molar-refractivity contribution in [3.8, 4) is 22.6 Å². The van der Waals surface area contributed by atoms with Crippen molar-refractivity contribution in [1.82, 2.24) is 4.98 Å². The van der Waals surface area contributed by atoms with E-state index in [1.54, 1.807) is 12.1 Å². The minimum Gasteiger partial charge on any atom is -0.436 e. The standard InChI is InChI=1S/C40H27N3O6/c1-20-6-15-33-31(16-20)42-38(49-33)23-9-7-21(8-10-23)22-11-13-25(14-12-22)43-39(47)28-18-26-27(19-29(28)40(43)48)37(46)34(36(26)45)35-32(44)17-24-4-2-3-5-30(24)41-35/h2-16,18-19,32,34-35,41,44H,17H2,1H3. The highest BCUT2D eigenvalue weighted by atomic mass is 16.3. The zero-order valence-electron chi connectivity index (χ0n) is 26.1. The number of carbonyl (C=O) groups excluding carboxylic acids is 4. The highest BCUT2D eigenvalue weighted by Crippen LogP contribution is 2.39. The van der Waals surface area contributed by atoms with Gasteiger partial charge in [0.25, 0.3) is 11.8 Å². The van der Waals surface area contributed by atoms with E-state index in [-0.39, 0.29) is 22.3 Å². The Kier molecular flexibility index (Phi) is 6.31. The fraction of sp³-hybridized carbons (Fsp3) is 0.125. The van der Waals surface area contributed by atoms with E-state index in [9.17, 15) is 24.3 Å². The first-order chi connectivity index (χ1) is 23.7. The second-order valence-corrected chi connectivity index (χ2v) is 12.8. The van der Waals surface area contributed by atoms with Gasteiger partial charge in [-0.2, -0.15) is 0 Å². The number of para-hydroxylation sites is 1. The van der Waals surface area contributed by atoms with Gasteiger partial charge in [-0.15, -0.1) is 0 Å². The van der Waals surface area contributed by atoms with Gasteiger partial charge >= 0.3 is 0 Å². The molecular formula is C40H27N3O6. The number of nitrogens with zero attached hydrogens (tertiary/aromatic N) is 2. The Morgan fingerprint density at radius 3 is 2.02 bits per heavy atom. The molecule has 2 N–H and O–H groups in total. The highest BCUT2D eigenvalue weighted by Gasteiger charge is 2.49. The Hall–Kier alpha value is -6.19. The van der Waals surface area contributed by atoms with Crippen LogP contribution in [0.1, 0.15) is 52.6 Å². The van der Waals surface area contributed by atoms with Gasteiger partial charge in [-0.3, -0.25) is 19.2 Å². The molecule has 9 rings (SSSR count). The molecule has 9 heteroatoms. The monoisotopic (exact) mass is 645 g/mol. The zero-order chi connectivity index (χ0) is 33.6. The van der Waals surface area contributed by atoms with Gasteiger partial charge in [0.05, 0.1) is 29.0 Å². The number of aliphatic hydroxyl groups excluding tert-OH is 1. The van der Waals surface area contributed by atoms with Crippen LogP contribution >= 0.6 is 0 Å². The molecule has 6 aromatic rings. The molecule has 3 aliphatic rings. The molecular weight excluding hydrogens is 618 g/mol. The molecule has 9 nitrogen and oxygen atoms in total. The van der Waals surface area contributed by atoms with Crippen LogP contribution in [0.15, 0.2) is 108 Å². The van der Waals surface area contributed by atoms with Crippen molar-refractivity contribution in [1.29, 1.82) is 0 Å². The molecule has 2 atom stereocenters. The number of hydrogen-bond donors (Lipinski definition) is 2. The summed E-state index contributed by atoms with van der Waals surface area (Å²) in [6.45, 7) is 2.01. The third kappa shape index (κ3) is 4.47. The summed E-state index contributed by atoms with van der Waals surface area (Å²) < 4.78 is 5.93. The van der Waals surface area contributed by atoms with Crippen molar-refractivity contribution >= 4 is 45.9 Å². The predicted molar refractivity (Wildman–Crippen MR) is 183 cm³/mol. The first-order valence-corrected chi connectivity index (χ1v) is 16.0. The molecule has 0 bridgehead atoms. The molecule has 2 amide bonds. The van der Waals surface area contributed by atoms with Crippen LogP contribution in [-0.4, -0.2) is 45.6 Å². The van der Waals surface area contributed by atoms with Gasteiger partial charge in [0.15, 0.2) is 17.1 Å². The maximum absolute atomic E-state index is 13.6. The molecule has 0 saturated carbocycles. The number of Topliss-reactive ketones (excluding diaryl/α,β-unsaturated/α-hetero) is 2. The van der Waals surface area contributed by atoms with E-state index < -0.39 is 41.4 Å². The summed E-state index contributed by atoms with van der Waals surface area (Å²) in [6.07, 6.45) is -0.667. The van der Waals surface area contributed by atoms with Gasteiger partial charge in [-0.1, -0.05) is 48.5 Å². The number of carbonyl (C=O) groups is 4. The molecule has 49 heavy (non-hydrogen) atoms. The summed E-state index contributed by atoms with van der Waals surface area (Å²) in [5.74, 6) is -2.71. The molecule has 0 fully saturated rings. The number of rotatable bonds is 4. The Labute approximate surface area is 279 Å². The summed E-state index contributed by atoms with van der Waals surface area (Å²) in [7, 11) is 0. The zero-order valence-corrected chi connectivity index (χ0v) is 26.1. The van der Waals surface area contributed by atoms with Gasteiger partial charge in [-0.25, -0.2) is 9.88 Å². The lowest BCUT2D eigenvalue weighted by atomic mass is 9.84. The average Bonchev–Trinajstić information content (AvgIpc) is 3.73. The predicted octanol–water partition coefficient (Wildman–Crippen LogP) is 6.66. The molecule has 0 radical (unpaired) electrons. The minimum absolute atomic E-state index is 0.0714. The third-order valence-corrected chi connectivity index (χ3v) is 9.80. The number of aliphatic hydroxyl groups is 1. The number of aromatic nitrogens is 1. The maximum Gasteiger partial charge on any atom is 0.266 e. The van der Waals surface area contributed by atoms with Crippen LogP contribution in [0, 0.1) is 12.8 Å². The van der Waals surface area contributed by atoms with Crippen molar-refractivity contribution < 1.29 is 28.7 Å². The van der Waals surface area contributed by atoms with Crippen LogP contribution in [0.2, 0.25) is 0 Å². The average molecular weight is 646 g/mol.